The molecule has 2 N–H and O–H groups in total. The first-order valence-electron chi connectivity index (χ1n) is 6.66. The van der Waals surface area contributed by atoms with Gasteiger partial charge >= 0.3 is 0 Å². The van der Waals surface area contributed by atoms with Gasteiger partial charge in [-0.25, -0.2) is 0 Å². The van der Waals surface area contributed by atoms with Gasteiger partial charge < -0.3 is 15.0 Å². The highest BCUT2D eigenvalue weighted by atomic mass is 35.5. The van der Waals surface area contributed by atoms with Crippen LogP contribution in [0.3, 0.4) is 0 Å². The van der Waals surface area contributed by atoms with Gasteiger partial charge in [-0.1, -0.05) is 6.92 Å². The zero-order valence-electron chi connectivity index (χ0n) is 12.7. The first kappa shape index (κ1) is 18.2. The second-order valence-electron chi connectivity index (χ2n) is 4.87. The van der Waals surface area contributed by atoms with E-state index in [2.05, 4.69) is 36.0 Å². The van der Waals surface area contributed by atoms with Gasteiger partial charge in [-0.2, -0.15) is 0 Å². The van der Waals surface area contributed by atoms with Crippen molar-refractivity contribution in [1.29, 1.82) is 5.41 Å². The molecule has 0 aromatic rings. The van der Waals surface area contributed by atoms with Crippen LogP contribution in [0.4, 0.5) is 0 Å². The molecule has 0 unspecified atom stereocenters. The molecule has 5 nitrogen and oxygen atoms in total. The second kappa shape index (κ2) is 9.15. The van der Waals surface area contributed by atoms with Crippen molar-refractivity contribution in [1.82, 2.24) is 10.2 Å². The van der Waals surface area contributed by atoms with Crippen LogP contribution in [0.15, 0.2) is 4.99 Å². The third-order valence-electron chi connectivity index (χ3n) is 3.17. The van der Waals surface area contributed by atoms with Gasteiger partial charge in [-0.15, -0.1) is 0 Å². The fourth-order valence-electron chi connectivity index (χ4n) is 1.73. The predicted molar refractivity (Wildman–Crippen MR) is 82.5 cm³/mol. The van der Waals surface area contributed by atoms with Crippen molar-refractivity contribution in [3.8, 4) is 0 Å². The van der Waals surface area contributed by atoms with Crippen molar-refractivity contribution in [3.63, 3.8) is 0 Å². The Balaban J connectivity index is 5.02. The fraction of sp³-hybridized carbons (Fsp3) is 0.846. The van der Waals surface area contributed by atoms with Crippen LogP contribution in [0.1, 0.15) is 34.1 Å². The summed E-state index contributed by atoms with van der Waals surface area (Å²) in [6, 6.07) is 0. The van der Waals surface area contributed by atoms with E-state index in [0.717, 1.165) is 18.8 Å². The Labute approximate surface area is 121 Å². The number of rotatable bonds is 8. The maximum Gasteiger partial charge on any atom is 0.188 e. The number of hydrogen-bond acceptors (Lipinski definition) is 3. The Morgan fingerprint density at radius 2 is 2.05 bits per heavy atom. The van der Waals surface area contributed by atoms with Gasteiger partial charge in [-0.3, -0.25) is 10.4 Å². The summed E-state index contributed by atoms with van der Waals surface area (Å²) in [5.74, 6) is 0.914. The van der Waals surface area contributed by atoms with Crippen LogP contribution in [-0.4, -0.2) is 54.9 Å². The number of nitrogens with zero attached hydrogens (tertiary/aromatic N) is 2. The maximum atomic E-state index is 7.26. The largest absolute Gasteiger partial charge is 0.383 e. The molecule has 0 bridgehead atoms. The first-order chi connectivity index (χ1) is 8.88. The Morgan fingerprint density at radius 1 is 1.42 bits per heavy atom. The summed E-state index contributed by atoms with van der Waals surface area (Å²) < 4.78 is 5.18. The molecule has 0 aromatic carbocycles. The summed E-state index contributed by atoms with van der Waals surface area (Å²) in [4.78, 5) is 6.76. The van der Waals surface area contributed by atoms with E-state index in [1.807, 2.05) is 6.92 Å². The van der Waals surface area contributed by atoms with E-state index in [0.29, 0.717) is 19.7 Å². The van der Waals surface area contributed by atoms with Crippen molar-refractivity contribution in [2.45, 2.75) is 39.7 Å². The van der Waals surface area contributed by atoms with E-state index >= 15 is 0 Å². The van der Waals surface area contributed by atoms with E-state index in [-0.39, 0.29) is 10.8 Å². The second-order valence-corrected chi connectivity index (χ2v) is 5.25. The molecule has 0 amide bonds. The molecule has 0 atom stereocenters. The predicted octanol–water partition coefficient (Wildman–Crippen LogP) is 2.30. The Bertz CT molecular complexity index is 305. The van der Waals surface area contributed by atoms with Gasteiger partial charge in [0.05, 0.1) is 13.2 Å². The number of nitrogens with one attached hydrogen (secondary N) is 2. The van der Waals surface area contributed by atoms with Crippen molar-refractivity contribution in [2.24, 2.45) is 4.99 Å². The van der Waals surface area contributed by atoms with Crippen molar-refractivity contribution in [3.05, 3.63) is 0 Å². The molecule has 0 aromatic heterocycles. The minimum Gasteiger partial charge on any atom is -0.383 e. The number of aliphatic imine (C=N–C) groups is 1. The normalized spacial score (nSPS) is 12.4. The highest BCUT2D eigenvalue weighted by Crippen LogP contribution is 2.19. The lowest BCUT2D eigenvalue weighted by atomic mass is 9.99. The van der Waals surface area contributed by atoms with E-state index in [1.165, 1.54) is 0 Å². The molecule has 0 radical (unpaired) electrons. The molecule has 0 heterocycles. The third kappa shape index (κ3) is 6.78. The van der Waals surface area contributed by atoms with E-state index in [9.17, 15) is 0 Å². The van der Waals surface area contributed by atoms with E-state index < -0.39 is 0 Å². The third-order valence-corrected chi connectivity index (χ3v) is 3.30. The maximum absolute atomic E-state index is 7.26. The Morgan fingerprint density at radius 3 is 2.47 bits per heavy atom. The smallest absolute Gasteiger partial charge is 0.188 e. The average molecular weight is 291 g/mol. The summed E-state index contributed by atoms with van der Waals surface area (Å²) in [5, 5.41) is 10.0. The fourth-order valence-corrected chi connectivity index (χ4v) is 1.80. The molecule has 19 heavy (non-hydrogen) atoms. The first-order valence-corrected chi connectivity index (χ1v) is 7.04. The summed E-state index contributed by atoms with van der Waals surface area (Å²) in [6.07, 6.45) is 0.998. The van der Waals surface area contributed by atoms with Crippen molar-refractivity contribution < 1.29 is 4.74 Å². The average Bonchev–Trinajstić information content (AvgIpc) is 2.35. The van der Waals surface area contributed by atoms with Gasteiger partial charge in [-0.05, 0) is 38.8 Å². The highest BCUT2D eigenvalue weighted by molar-refractivity contribution is 6.63. The molecular weight excluding hydrogens is 264 g/mol. The van der Waals surface area contributed by atoms with Crippen LogP contribution < -0.4 is 5.32 Å². The molecule has 0 aliphatic carbocycles. The number of ether oxygens (including phenoxy) is 1. The molecule has 0 saturated heterocycles. The van der Waals surface area contributed by atoms with Crippen LogP contribution in [0.5, 0.6) is 0 Å². The molecule has 6 heteroatoms. The number of halogens is 1. The van der Waals surface area contributed by atoms with E-state index in [1.54, 1.807) is 7.11 Å². The number of amidine groups is 2. The summed E-state index contributed by atoms with van der Waals surface area (Å²) in [6.45, 7) is 11.1. The summed E-state index contributed by atoms with van der Waals surface area (Å²) in [5.41, 5.74) is -0.0112. The standard InChI is InChI=1S/C13H27ClN4O/c1-6-13(3,4)18(8-9-19-5)11(16-7-2)10-17-12(14)15/h6-10H2,1-5H3,(H2,15,17). The van der Waals surface area contributed by atoms with Gasteiger partial charge in [0.15, 0.2) is 5.29 Å². The van der Waals surface area contributed by atoms with Crippen molar-refractivity contribution in [2.75, 3.05) is 33.4 Å². The molecule has 112 valence electrons. The quantitative estimate of drug-likeness (QED) is 0.410. The highest BCUT2D eigenvalue weighted by Gasteiger charge is 2.27. The summed E-state index contributed by atoms with van der Waals surface area (Å²) >= 11 is 5.55. The number of methoxy groups -OCH3 is 1. The van der Waals surface area contributed by atoms with Crippen LogP contribution in [-0.2, 0) is 4.74 Å². The van der Waals surface area contributed by atoms with E-state index in [4.69, 9.17) is 21.7 Å². The zero-order valence-corrected chi connectivity index (χ0v) is 13.5. The van der Waals surface area contributed by atoms with Gasteiger partial charge in [0.25, 0.3) is 0 Å². The Hall–Kier alpha value is -0.810. The zero-order chi connectivity index (χ0) is 14.9. The molecular formula is C13H27ClN4O. The van der Waals surface area contributed by atoms with Gasteiger partial charge in [0.2, 0.25) is 0 Å². The van der Waals surface area contributed by atoms with Gasteiger partial charge in [0.1, 0.15) is 5.84 Å². The molecule has 0 saturated carbocycles. The minimum atomic E-state index is -0.0650. The monoisotopic (exact) mass is 290 g/mol. The minimum absolute atomic E-state index is 0.0112. The molecule has 0 spiro atoms. The SMILES string of the molecule is CCN=C(CNC(=N)Cl)N(CCOC)C(C)(C)CC. The molecule has 0 aliphatic rings. The van der Waals surface area contributed by atoms with Crippen LogP contribution in [0.25, 0.3) is 0 Å². The van der Waals surface area contributed by atoms with Crippen LogP contribution >= 0.6 is 11.6 Å². The lowest BCUT2D eigenvalue weighted by Crippen LogP contribution is -2.52. The van der Waals surface area contributed by atoms with Crippen molar-refractivity contribution >= 4 is 22.7 Å². The molecule has 0 rings (SSSR count). The van der Waals surface area contributed by atoms with Crippen LogP contribution in [0, 0.1) is 5.41 Å². The summed E-state index contributed by atoms with van der Waals surface area (Å²) in [7, 11) is 1.69. The van der Waals surface area contributed by atoms with Crippen LogP contribution in [0.2, 0.25) is 0 Å². The topological polar surface area (TPSA) is 60.7 Å². The van der Waals surface area contributed by atoms with Gasteiger partial charge in [0, 0.05) is 25.7 Å². The number of hydrogen-bond donors (Lipinski definition) is 2. The molecule has 0 fully saturated rings. The Kier molecular flexibility index (Phi) is 8.76. The lowest BCUT2D eigenvalue weighted by molar-refractivity contribution is 0.129. The lowest BCUT2D eigenvalue weighted by Gasteiger charge is -2.40. The molecule has 0 aliphatic heterocycles.